The summed E-state index contributed by atoms with van der Waals surface area (Å²) in [7, 11) is 4.01. The molecule has 7 heteroatoms. The molecule has 2 N–H and O–H groups in total. The first-order valence-electron chi connectivity index (χ1n) is 7.38. The van der Waals surface area contributed by atoms with Crippen molar-refractivity contribution in [2.24, 2.45) is 5.92 Å². The Morgan fingerprint density at radius 3 is 3.14 bits per heavy atom. The molecule has 7 nitrogen and oxygen atoms in total. The Labute approximate surface area is 131 Å². The van der Waals surface area contributed by atoms with E-state index in [-0.39, 0.29) is 18.0 Å². The molecule has 1 aliphatic heterocycles. The van der Waals surface area contributed by atoms with E-state index in [1.807, 2.05) is 20.3 Å². The largest absolute Gasteiger partial charge is 0.381 e. The molecule has 120 valence electrons. The van der Waals surface area contributed by atoms with Crippen molar-refractivity contribution in [1.82, 2.24) is 20.0 Å². The molecule has 0 aromatic carbocycles. The monoisotopic (exact) mass is 305 g/mol. The zero-order chi connectivity index (χ0) is 15.9. The first-order chi connectivity index (χ1) is 10.6. The van der Waals surface area contributed by atoms with Gasteiger partial charge in [-0.2, -0.15) is 5.10 Å². The van der Waals surface area contributed by atoms with E-state index < -0.39 is 0 Å². The molecule has 1 fully saturated rings. The van der Waals surface area contributed by atoms with Crippen molar-refractivity contribution in [2.45, 2.75) is 19.0 Å². The van der Waals surface area contributed by atoms with Crippen molar-refractivity contribution in [3.05, 3.63) is 12.3 Å². The van der Waals surface area contributed by atoms with Gasteiger partial charge in [0.15, 0.2) is 5.82 Å². The van der Waals surface area contributed by atoms with E-state index in [1.54, 1.807) is 10.7 Å². The van der Waals surface area contributed by atoms with Crippen LogP contribution in [-0.2, 0) is 11.3 Å². The highest BCUT2D eigenvalue weighted by molar-refractivity contribution is 5.88. The van der Waals surface area contributed by atoms with E-state index in [0.29, 0.717) is 19.0 Å². The second-order valence-electron chi connectivity index (χ2n) is 5.63. The number of nitrogens with one attached hydrogen (secondary N) is 2. The quantitative estimate of drug-likeness (QED) is 0.755. The second kappa shape index (κ2) is 7.82. The lowest BCUT2D eigenvalue weighted by Gasteiger charge is -2.18. The summed E-state index contributed by atoms with van der Waals surface area (Å²) in [5, 5.41) is 9.79. The zero-order valence-electron chi connectivity index (χ0n) is 13.1. The van der Waals surface area contributed by atoms with Crippen LogP contribution in [0.15, 0.2) is 12.3 Å². The van der Waals surface area contributed by atoms with Gasteiger partial charge in [0, 0.05) is 31.3 Å². The predicted octanol–water partition coefficient (Wildman–Crippen LogP) is 0.605. The van der Waals surface area contributed by atoms with Crippen molar-refractivity contribution in [2.75, 3.05) is 39.2 Å². The Kier molecular flexibility index (Phi) is 5.81. The Hall–Kier alpha value is -2.04. The first-order valence-corrected chi connectivity index (χ1v) is 7.38. The van der Waals surface area contributed by atoms with E-state index >= 15 is 0 Å². The third-order valence-electron chi connectivity index (χ3n) is 3.56. The molecule has 0 saturated carbocycles. The number of ether oxygens (including phenoxy) is 1. The van der Waals surface area contributed by atoms with Gasteiger partial charge in [0.1, 0.15) is 0 Å². The van der Waals surface area contributed by atoms with Crippen LogP contribution in [0.25, 0.3) is 0 Å². The summed E-state index contributed by atoms with van der Waals surface area (Å²) < 4.78 is 7.09. The van der Waals surface area contributed by atoms with Crippen LogP contribution in [0.3, 0.4) is 0 Å². The molecule has 1 saturated heterocycles. The Bertz CT molecular complexity index is 528. The molecule has 1 aliphatic rings. The van der Waals surface area contributed by atoms with Gasteiger partial charge < -0.3 is 15.0 Å². The van der Waals surface area contributed by atoms with Crippen molar-refractivity contribution in [1.29, 1.82) is 0 Å². The van der Waals surface area contributed by atoms with E-state index in [2.05, 4.69) is 26.6 Å². The maximum atomic E-state index is 12.0. The Balaban J connectivity index is 1.82. The third-order valence-corrected chi connectivity index (χ3v) is 3.56. The zero-order valence-corrected chi connectivity index (χ0v) is 13.1. The van der Waals surface area contributed by atoms with Gasteiger partial charge in [-0.3, -0.25) is 10.00 Å². The fraction of sp³-hybridized carbons (Fsp3) is 0.600. The van der Waals surface area contributed by atoms with Gasteiger partial charge in [-0.1, -0.05) is 5.92 Å². The van der Waals surface area contributed by atoms with Crippen LogP contribution in [-0.4, -0.2) is 60.6 Å². The van der Waals surface area contributed by atoms with Crippen LogP contribution in [0, 0.1) is 18.3 Å². The SMILES string of the molecule is C#C[C@@H](NC(=O)Nc1ccn(CCN(C)C)n1)[C@H]1CCOC1. The van der Waals surface area contributed by atoms with Crippen LogP contribution in [0.2, 0.25) is 0 Å². The summed E-state index contributed by atoms with van der Waals surface area (Å²) in [4.78, 5) is 14.1. The Morgan fingerprint density at radius 2 is 2.50 bits per heavy atom. The van der Waals surface area contributed by atoms with Crippen molar-refractivity contribution in [3.8, 4) is 12.3 Å². The summed E-state index contributed by atoms with van der Waals surface area (Å²) >= 11 is 0. The standard InChI is InChI=1S/C15H23N5O2/c1-4-13(12-6-10-22-11-12)16-15(21)17-14-5-7-20(18-14)9-8-19(2)3/h1,5,7,12-13H,6,8-11H2,2-3H3,(H2,16,17,18,21)/t12-,13+/m0/s1. The fourth-order valence-electron chi connectivity index (χ4n) is 2.26. The molecule has 1 aromatic heterocycles. The number of carbonyl (C=O) groups is 1. The molecule has 2 heterocycles. The summed E-state index contributed by atoms with van der Waals surface area (Å²) in [6, 6.07) is 1.10. The molecule has 2 rings (SSSR count). The average molecular weight is 305 g/mol. The topological polar surface area (TPSA) is 71.4 Å². The number of rotatable bonds is 6. The minimum atomic E-state index is -0.340. The number of hydrogen-bond donors (Lipinski definition) is 2. The molecule has 0 aliphatic carbocycles. The number of aromatic nitrogens is 2. The van der Waals surface area contributed by atoms with Crippen LogP contribution >= 0.6 is 0 Å². The summed E-state index contributed by atoms with van der Waals surface area (Å²) in [5.41, 5.74) is 0. The molecule has 0 unspecified atom stereocenters. The van der Waals surface area contributed by atoms with Crippen molar-refractivity contribution >= 4 is 11.8 Å². The fourth-order valence-corrected chi connectivity index (χ4v) is 2.26. The number of urea groups is 1. The van der Waals surface area contributed by atoms with Crippen LogP contribution < -0.4 is 10.6 Å². The van der Waals surface area contributed by atoms with E-state index in [4.69, 9.17) is 11.2 Å². The van der Waals surface area contributed by atoms with Crippen molar-refractivity contribution in [3.63, 3.8) is 0 Å². The number of nitrogens with zero attached hydrogens (tertiary/aromatic N) is 3. The van der Waals surface area contributed by atoms with Gasteiger partial charge in [0.25, 0.3) is 0 Å². The number of terminal acetylenes is 1. The number of anilines is 1. The minimum absolute atomic E-state index is 0.174. The van der Waals surface area contributed by atoms with Crippen LogP contribution in [0.5, 0.6) is 0 Å². The predicted molar refractivity (Wildman–Crippen MR) is 84.5 cm³/mol. The maximum Gasteiger partial charge on any atom is 0.321 e. The van der Waals surface area contributed by atoms with Crippen molar-refractivity contribution < 1.29 is 9.53 Å². The number of amides is 2. The molecule has 0 bridgehead atoms. The smallest absolute Gasteiger partial charge is 0.321 e. The molecular weight excluding hydrogens is 282 g/mol. The molecule has 2 atom stereocenters. The highest BCUT2D eigenvalue weighted by Crippen LogP contribution is 2.16. The summed E-state index contributed by atoms with van der Waals surface area (Å²) in [6.07, 6.45) is 8.20. The minimum Gasteiger partial charge on any atom is -0.381 e. The first kappa shape index (κ1) is 16.3. The van der Waals surface area contributed by atoms with Gasteiger partial charge in [-0.15, -0.1) is 6.42 Å². The van der Waals surface area contributed by atoms with E-state index in [9.17, 15) is 4.79 Å². The van der Waals surface area contributed by atoms with E-state index in [1.165, 1.54) is 0 Å². The normalized spacial score (nSPS) is 18.9. The number of likely N-dealkylation sites (N-methyl/N-ethyl adjacent to an activating group) is 1. The number of hydrogen-bond acceptors (Lipinski definition) is 4. The average Bonchev–Trinajstić information content (AvgIpc) is 3.14. The molecular formula is C15H23N5O2. The second-order valence-corrected chi connectivity index (χ2v) is 5.63. The summed E-state index contributed by atoms with van der Waals surface area (Å²) in [5.74, 6) is 3.30. The molecule has 2 amide bonds. The Morgan fingerprint density at radius 1 is 1.68 bits per heavy atom. The van der Waals surface area contributed by atoms with Gasteiger partial charge in [0.2, 0.25) is 0 Å². The maximum absolute atomic E-state index is 12.0. The van der Waals surface area contributed by atoms with Gasteiger partial charge in [0.05, 0.1) is 19.2 Å². The van der Waals surface area contributed by atoms with Crippen LogP contribution in [0.4, 0.5) is 10.6 Å². The number of carbonyl (C=O) groups excluding carboxylic acids is 1. The lowest BCUT2D eigenvalue weighted by molar-refractivity contribution is 0.181. The van der Waals surface area contributed by atoms with Crippen LogP contribution in [0.1, 0.15) is 6.42 Å². The van der Waals surface area contributed by atoms with Gasteiger partial charge in [-0.25, -0.2) is 4.79 Å². The molecule has 0 spiro atoms. The molecule has 22 heavy (non-hydrogen) atoms. The lowest BCUT2D eigenvalue weighted by atomic mass is 10.00. The summed E-state index contributed by atoms with van der Waals surface area (Å²) in [6.45, 7) is 2.94. The molecule has 1 aromatic rings. The van der Waals surface area contributed by atoms with E-state index in [0.717, 1.165) is 19.5 Å². The van der Waals surface area contributed by atoms with Gasteiger partial charge >= 0.3 is 6.03 Å². The molecule has 0 radical (unpaired) electrons. The van der Waals surface area contributed by atoms with Gasteiger partial charge in [-0.05, 0) is 20.5 Å². The lowest BCUT2D eigenvalue weighted by Crippen LogP contribution is -2.42. The highest BCUT2D eigenvalue weighted by atomic mass is 16.5. The highest BCUT2D eigenvalue weighted by Gasteiger charge is 2.25. The third kappa shape index (κ3) is 4.76.